The van der Waals surface area contributed by atoms with Crippen molar-refractivity contribution in [2.24, 2.45) is 0 Å². The predicted molar refractivity (Wildman–Crippen MR) is 52.8 cm³/mol. The molecule has 1 fully saturated rings. The number of ether oxygens (including phenoxy) is 2. The molecule has 4 N–H and O–H groups in total. The van der Waals surface area contributed by atoms with Gasteiger partial charge in [-0.05, 0) is 0 Å². The van der Waals surface area contributed by atoms with E-state index in [1.165, 1.54) is 5.32 Å². The van der Waals surface area contributed by atoms with Crippen LogP contribution in [-0.2, 0) is 14.3 Å². The number of rotatable bonds is 3. The Kier molecular flexibility index (Phi) is 5.10. The molecule has 5 atom stereocenters. The van der Waals surface area contributed by atoms with Crippen LogP contribution in [0.1, 0.15) is 0 Å². The molecule has 1 aliphatic rings. The largest absolute Gasteiger partial charge is 0.471 e. The summed E-state index contributed by atoms with van der Waals surface area (Å²) < 4.78 is 46.0. The van der Waals surface area contributed by atoms with Crippen molar-refractivity contribution in [1.82, 2.24) is 5.32 Å². The zero-order chi connectivity index (χ0) is 14.8. The first-order chi connectivity index (χ1) is 8.72. The van der Waals surface area contributed by atoms with Gasteiger partial charge in [0.05, 0.1) is 6.61 Å². The number of halogens is 3. The molecule has 0 aromatic heterocycles. The molecule has 0 aromatic carbocycles. The second kappa shape index (κ2) is 6.01. The molecule has 0 aliphatic carbocycles. The van der Waals surface area contributed by atoms with Crippen molar-refractivity contribution >= 4 is 5.91 Å². The lowest BCUT2D eigenvalue weighted by Crippen LogP contribution is -2.65. The van der Waals surface area contributed by atoms with Crippen molar-refractivity contribution in [3.63, 3.8) is 0 Å². The van der Waals surface area contributed by atoms with Gasteiger partial charge < -0.3 is 30.1 Å². The van der Waals surface area contributed by atoms with E-state index in [0.717, 1.165) is 7.11 Å². The third-order valence-electron chi connectivity index (χ3n) is 2.67. The van der Waals surface area contributed by atoms with Gasteiger partial charge >= 0.3 is 12.1 Å². The van der Waals surface area contributed by atoms with Crippen molar-refractivity contribution < 1.29 is 42.8 Å². The number of hydrogen-bond acceptors (Lipinski definition) is 6. The van der Waals surface area contributed by atoms with Gasteiger partial charge in [0.1, 0.15) is 24.4 Å². The molecule has 0 bridgehead atoms. The number of alkyl halides is 3. The molecule has 0 aromatic rings. The lowest BCUT2D eigenvalue weighted by molar-refractivity contribution is -0.264. The van der Waals surface area contributed by atoms with Crippen LogP contribution in [0.15, 0.2) is 0 Å². The molecular formula is C9H14F3NO6. The Hall–Kier alpha value is -0.940. The van der Waals surface area contributed by atoms with Crippen LogP contribution in [0, 0.1) is 0 Å². The van der Waals surface area contributed by atoms with Crippen LogP contribution in [0.3, 0.4) is 0 Å². The lowest BCUT2D eigenvalue weighted by Gasteiger charge is -2.41. The Balaban J connectivity index is 2.82. The maximum atomic E-state index is 12.1. The molecular weight excluding hydrogens is 275 g/mol. The van der Waals surface area contributed by atoms with Crippen molar-refractivity contribution in [2.45, 2.75) is 36.8 Å². The molecule has 7 nitrogen and oxygen atoms in total. The minimum Gasteiger partial charge on any atom is -0.394 e. The minimum atomic E-state index is -5.14. The summed E-state index contributed by atoms with van der Waals surface area (Å²) in [4.78, 5) is 10.8. The first kappa shape index (κ1) is 16.1. The van der Waals surface area contributed by atoms with Crippen LogP contribution in [0.25, 0.3) is 0 Å². The molecule has 112 valence electrons. The second-order valence-corrected chi connectivity index (χ2v) is 3.94. The third-order valence-corrected chi connectivity index (χ3v) is 2.67. The van der Waals surface area contributed by atoms with E-state index in [1.54, 1.807) is 0 Å². The summed E-state index contributed by atoms with van der Waals surface area (Å²) in [6, 6.07) is -1.61. The van der Waals surface area contributed by atoms with E-state index in [0.29, 0.717) is 0 Å². The highest BCUT2D eigenvalue weighted by Gasteiger charge is 2.48. The molecule has 0 radical (unpaired) electrons. The molecule has 1 rings (SSSR count). The van der Waals surface area contributed by atoms with Gasteiger partial charge in [0, 0.05) is 7.11 Å². The van der Waals surface area contributed by atoms with Gasteiger partial charge in [0.2, 0.25) is 0 Å². The summed E-state index contributed by atoms with van der Waals surface area (Å²) in [6.45, 7) is -0.669. The van der Waals surface area contributed by atoms with E-state index in [1.807, 2.05) is 0 Å². The maximum Gasteiger partial charge on any atom is 0.471 e. The molecule has 0 saturated carbocycles. The molecule has 1 saturated heterocycles. The van der Waals surface area contributed by atoms with E-state index >= 15 is 0 Å². The summed E-state index contributed by atoms with van der Waals surface area (Å²) in [6.07, 6.45) is -11.2. The third kappa shape index (κ3) is 3.54. The highest BCUT2D eigenvalue weighted by Crippen LogP contribution is 2.23. The first-order valence-electron chi connectivity index (χ1n) is 5.25. The highest BCUT2D eigenvalue weighted by molar-refractivity contribution is 5.82. The fourth-order valence-corrected chi connectivity index (χ4v) is 1.67. The molecule has 1 heterocycles. The molecule has 1 aliphatic heterocycles. The van der Waals surface area contributed by atoms with Gasteiger partial charge in [-0.2, -0.15) is 13.2 Å². The number of aliphatic hydroxyl groups is 3. The number of hydrogen-bond donors (Lipinski definition) is 4. The van der Waals surface area contributed by atoms with E-state index in [-0.39, 0.29) is 0 Å². The zero-order valence-corrected chi connectivity index (χ0v) is 9.79. The Bertz CT molecular complexity index is 324. The van der Waals surface area contributed by atoms with E-state index in [4.69, 9.17) is 9.84 Å². The van der Waals surface area contributed by atoms with Crippen molar-refractivity contribution in [3.05, 3.63) is 0 Å². The predicted octanol–water partition coefficient (Wildman–Crippen LogP) is -1.88. The van der Waals surface area contributed by atoms with Gasteiger partial charge in [-0.1, -0.05) is 0 Å². The molecule has 0 spiro atoms. The number of amides is 1. The highest BCUT2D eigenvalue weighted by atomic mass is 19.4. The molecule has 10 heteroatoms. The summed E-state index contributed by atoms with van der Waals surface area (Å²) >= 11 is 0. The monoisotopic (exact) mass is 289 g/mol. The average Bonchev–Trinajstić information content (AvgIpc) is 2.34. The topological polar surface area (TPSA) is 108 Å². The van der Waals surface area contributed by atoms with Gasteiger partial charge in [0.25, 0.3) is 0 Å². The second-order valence-electron chi connectivity index (χ2n) is 3.94. The standard InChI is InChI=1S/C9H14F3NO6/c1-18-7-4(13-8(17)9(10,11)12)6(16)5(15)3(2-14)19-7/h3-7,14-16H,2H2,1H3,(H,13,17)/t3-,4?,5+,6-,7?/m1/s1. The Morgan fingerprint density at radius 1 is 1.37 bits per heavy atom. The fourth-order valence-electron chi connectivity index (χ4n) is 1.67. The van der Waals surface area contributed by atoms with Gasteiger partial charge in [-0.3, -0.25) is 4.79 Å². The number of carbonyl (C=O) groups excluding carboxylic acids is 1. The molecule has 1 amide bonds. The van der Waals surface area contributed by atoms with Crippen LogP contribution < -0.4 is 5.32 Å². The average molecular weight is 289 g/mol. The Morgan fingerprint density at radius 2 is 1.95 bits per heavy atom. The number of methoxy groups -OCH3 is 1. The van der Waals surface area contributed by atoms with Crippen LogP contribution in [0.5, 0.6) is 0 Å². The quantitative estimate of drug-likeness (QED) is 0.484. The molecule has 2 unspecified atom stereocenters. The van der Waals surface area contributed by atoms with Gasteiger partial charge in [0.15, 0.2) is 6.29 Å². The smallest absolute Gasteiger partial charge is 0.394 e. The Morgan fingerprint density at radius 3 is 2.37 bits per heavy atom. The van der Waals surface area contributed by atoms with Gasteiger partial charge in [-0.25, -0.2) is 0 Å². The van der Waals surface area contributed by atoms with Crippen LogP contribution in [-0.4, -0.2) is 71.8 Å². The van der Waals surface area contributed by atoms with Gasteiger partial charge in [-0.15, -0.1) is 0 Å². The van der Waals surface area contributed by atoms with E-state index in [9.17, 15) is 28.2 Å². The maximum absolute atomic E-state index is 12.1. The lowest BCUT2D eigenvalue weighted by atomic mass is 9.97. The Labute approximate surface area is 105 Å². The van der Waals surface area contributed by atoms with E-state index in [2.05, 4.69) is 4.74 Å². The van der Waals surface area contributed by atoms with E-state index < -0.39 is 49.3 Å². The number of carbonyl (C=O) groups is 1. The SMILES string of the molecule is COC1O[C@H](CO)[C@H](O)[C@H](O)C1NC(=O)C(F)(F)F. The number of nitrogens with one attached hydrogen (secondary N) is 1. The van der Waals surface area contributed by atoms with Crippen LogP contribution in [0.4, 0.5) is 13.2 Å². The van der Waals surface area contributed by atoms with Crippen molar-refractivity contribution in [3.8, 4) is 0 Å². The van der Waals surface area contributed by atoms with Crippen LogP contribution in [0.2, 0.25) is 0 Å². The summed E-state index contributed by atoms with van der Waals surface area (Å²) in [5, 5.41) is 29.5. The summed E-state index contributed by atoms with van der Waals surface area (Å²) in [5.41, 5.74) is 0. The molecule has 19 heavy (non-hydrogen) atoms. The summed E-state index contributed by atoms with van der Waals surface area (Å²) in [7, 11) is 1.08. The first-order valence-corrected chi connectivity index (χ1v) is 5.25. The van der Waals surface area contributed by atoms with Crippen LogP contribution >= 0.6 is 0 Å². The summed E-state index contributed by atoms with van der Waals surface area (Å²) in [5.74, 6) is -2.29. The zero-order valence-electron chi connectivity index (χ0n) is 9.79. The normalized spacial score (nSPS) is 36.1. The van der Waals surface area contributed by atoms with Crippen molar-refractivity contribution in [1.29, 1.82) is 0 Å². The number of aliphatic hydroxyl groups excluding tert-OH is 3. The van der Waals surface area contributed by atoms with Crippen molar-refractivity contribution in [2.75, 3.05) is 13.7 Å². The minimum absolute atomic E-state index is 0.669. The fraction of sp³-hybridized carbons (Fsp3) is 0.889.